The summed E-state index contributed by atoms with van der Waals surface area (Å²) in [7, 11) is 0. The second-order valence-corrected chi connectivity index (χ2v) is 7.62. The monoisotopic (exact) mass is 398 g/mol. The zero-order chi connectivity index (χ0) is 19.8. The summed E-state index contributed by atoms with van der Waals surface area (Å²) in [6, 6.07) is 11.6. The number of hydrogen-bond donors (Lipinski definition) is 1. The van der Waals surface area contributed by atoms with Gasteiger partial charge in [-0.15, -0.1) is 11.8 Å². The van der Waals surface area contributed by atoms with Crippen LogP contribution in [0.4, 0.5) is 10.5 Å². The van der Waals surface area contributed by atoms with E-state index in [1.54, 1.807) is 29.1 Å². The third-order valence-corrected chi connectivity index (χ3v) is 5.60. The van der Waals surface area contributed by atoms with Crippen LogP contribution in [0.2, 0.25) is 0 Å². The number of thioether (sulfide) groups is 1. The van der Waals surface area contributed by atoms with E-state index in [0.29, 0.717) is 39.0 Å². The number of carbonyl (C=O) groups excluding carboxylic acids is 2. The molecule has 0 aliphatic carbocycles. The molecular weight excluding hydrogens is 372 g/mol. The first-order valence-electron chi connectivity index (χ1n) is 9.52. The molecule has 3 amide bonds. The molecule has 148 valence electrons. The Morgan fingerprint density at radius 2 is 1.68 bits per heavy atom. The minimum atomic E-state index is -0.108. The van der Waals surface area contributed by atoms with E-state index in [-0.39, 0.29) is 11.9 Å². The Hall–Kier alpha value is -2.54. The SMILES string of the molecule is CSc1ccc(NC(=O)N2CCCN(C(=O)CCc3ccncc3)CC2)cc1. The fourth-order valence-electron chi connectivity index (χ4n) is 3.21. The number of aromatic nitrogens is 1. The first-order chi connectivity index (χ1) is 13.7. The zero-order valence-corrected chi connectivity index (χ0v) is 17.0. The molecule has 7 heteroatoms. The molecule has 1 aliphatic heterocycles. The van der Waals surface area contributed by atoms with Crippen molar-refractivity contribution in [1.29, 1.82) is 0 Å². The second-order valence-electron chi connectivity index (χ2n) is 6.74. The van der Waals surface area contributed by atoms with E-state index in [9.17, 15) is 9.59 Å². The second kappa shape index (κ2) is 10.1. The van der Waals surface area contributed by atoms with Gasteiger partial charge in [0, 0.05) is 55.6 Å². The molecular formula is C21H26N4O2S. The first-order valence-corrected chi connectivity index (χ1v) is 10.7. The molecule has 0 saturated carbocycles. The Labute approximate surface area is 170 Å². The minimum absolute atomic E-state index is 0.108. The molecule has 28 heavy (non-hydrogen) atoms. The Kier molecular flexibility index (Phi) is 7.31. The van der Waals surface area contributed by atoms with Crippen LogP contribution in [0.5, 0.6) is 0 Å². The number of carbonyl (C=O) groups is 2. The lowest BCUT2D eigenvalue weighted by Crippen LogP contribution is -2.39. The molecule has 1 aromatic heterocycles. The molecule has 0 radical (unpaired) electrons. The highest BCUT2D eigenvalue weighted by Crippen LogP contribution is 2.18. The van der Waals surface area contributed by atoms with E-state index in [4.69, 9.17) is 0 Å². The van der Waals surface area contributed by atoms with Crippen molar-refractivity contribution in [1.82, 2.24) is 14.8 Å². The fraction of sp³-hybridized carbons (Fsp3) is 0.381. The molecule has 1 aliphatic rings. The number of pyridine rings is 1. The van der Waals surface area contributed by atoms with Crippen molar-refractivity contribution < 1.29 is 9.59 Å². The molecule has 3 rings (SSSR count). The van der Waals surface area contributed by atoms with Gasteiger partial charge in [-0.1, -0.05) is 0 Å². The van der Waals surface area contributed by atoms with Gasteiger partial charge in [-0.25, -0.2) is 4.79 Å². The van der Waals surface area contributed by atoms with Gasteiger partial charge in [0.05, 0.1) is 0 Å². The van der Waals surface area contributed by atoms with Crippen molar-refractivity contribution in [3.63, 3.8) is 0 Å². The van der Waals surface area contributed by atoms with Crippen molar-refractivity contribution in [3.8, 4) is 0 Å². The minimum Gasteiger partial charge on any atom is -0.341 e. The predicted molar refractivity (Wildman–Crippen MR) is 113 cm³/mol. The van der Waals surface area contributed by atoms with Gasteiger partial charge < -0.3 is 15.1 Å². The molecule has 1 aromatic carbocycles. The Morgan fingerprint density at radius 3 is 2.39 bits per heavy atom. The highest BCUT2D eigenvalue weighted by Gasteiger charge is 2.22. The third-order valence-electron chi connectivity index (χ3n) is 4.85. The van der Waals surface area contributed by atoms with Crippen molar-refractivity contribution in [2.75, 3.05) is 37.8 Å². The van der Waals surface area contributed by atoms with Gasteiger partial charge in [-0.05, 0) is 61.1 Å². The number of amides is 3. The van der Waals surface area contributed by atoms with E-state index in [0.717, 1.165) is 22.6 Å². The summed E-state index contributed by atoms with van der Waals surface area (Å²) in [5.41, 5.74) is 1.91. The van der Waals surface area contributed by atoms with Crippen LogP contribution in [0.3, 0.4) is 0 Å². The average Bonchev–Trinajstić information content (AvgIpc) is 3.00. The first kappa shape index (κ1) is 20.2. The van der Waals surface area contributed by atoms with Crippen LogP contribution in [0.15, 0.2) is 53.7 Å². The predicted octanol–water partition coefficient (Wildman–Crippen LogP) is 3.50. The molecule has 0 spiro atoms. The lowest BCUT2D eigenvalue weighted by Gasteiger charge is -2.22. The third kappa shape index (κ3) is 5.73. The summed E-state index contributed by atoms with van der Waals surface area (Å²) in [6.45, 7) is 2.48. The number of hydrogen-bond acceptors (Lipinski definition) is 4. The molecule has 0 unspecified atom stereocenters. The van der Waals surface area contributed by atoms with E-state index >= 15 is 0 Å². The number of nitrogens with one attached hydrogen (secondary N) is 1. The summed E-state index contributed by atoms with van der Waals surface area (Å²) in [5.74, 6) is 0.145. The quantitative estimate of drug-likeness (QED) is 0.783. The maximum atomic E-state index is 12.6. The molecule has 2 heterocycles. The Balaban J connectivity index is 1.48. The molecule has 1 fully saturated rings. The fourth-order valence-corrected chi connectivity index (χ4v) is 3.61. The van der Waals surface area contributed by atoms with Crippen molar-refractivity contribution in [2.45, 2.75) is 24.2 Å². The van der Waals surface area contributed by atoms with Gasteiger partial charge in [-0.3, -0.25) is 9.78 Å². The molecule has 2 aromatic rings. The standard InChI is InChI=1S/C21H26N4O2S/c1-28-19-6-4-18(5-7-19)23-21(27)25-14-2-13-24(15-16-25)20(26)8-3-17-9-11-22-12-10-17/h4-7,9-12H,2-3,8,13-16H2,1H3,(H,23,27). The van der Waals surface area contributed by atoms with Gasteiger partial charge >= 0.3 is 6.03 Å². The number of benzene rings is 1. The van der Waals surface area contributed by atoms with E-state index in [1.807, 2.05) is 47.6 Å². The smallest absolute Gasteiger partial charge is 0.321 e. The van der Waals surface area contributed by atoms with E-state index < -0.39 is 0 Å². The molecule has 1 saturated heterocycles. The van der Waals surface area contributed by atoms with Crippen LogP contribution in [0, 0.1) is 0 Å². The zero-order valence-electron chi connectivity index (χ0n) is 16.1. The largest absolute Gasteiger partial charge is 0.341 e. The summed E-state index contributed by atoms with van der Waals surface area (Å²) in [5, 5.41) is 2.95. The summed E-state index contributed by atoms with van der Waals surface area (Å²) in [6.07, 6.45) is 7.51. The van der Waals surface area contributed by atoms with Crippen LogP contribution >= 0.6 is 11.8 Å². The van der Waals surface area contributed by atoms with Crippen molar-refractivity contribution in [3.05, 3.63) is 54.4 Å². The normalized spacial score (nSPS) is 14.5. The lowest BCUT2D eigenvalue weighted by atomic mass is 10.1. The number of urea groups is 1. The topological polar surface area (TPSA) is 65.5 Å². The van der Waals surface area contributed by atoms with Gasteiger partial charge in [0.15, 0.2) is 0 Å². The summed E-state index contributed by atoms with van der Waals surface area (Å²) in [4.78, 5) is 33.9. The highest BCUT2D eigenvalue weighted by atomic mass is 32.2. The van der Waals surface area contributed by atoms with Crippen LogP contribution < -0.4 is 5.32 Å². The van der Waals surface area contributed by atoms with Gasteiger partial charge in [0.25, 0.3) is 0 Å². The molecule has 0 atom stereocenters. The van der Waals surface area contributed by atoms with Gasteiger partial charge in [0.1, 0.15) is 0 Å². The highest BCUT2D eigenvalue weighted by molar-refractivity contribution is 7.98. The van der Waals surface area contributed by atoms with Crippen LogP contribution in [0.25, 0.3) is 0 Å². The van der Waals surface area contributed by atoms with E-state index in [1.165, 1.54) is 0 Å². The van der Waals surface area contributed by atoms with Crippen LogP contribution in [-0.4, -0.2) is 59.2 Å². The maximum Gasteiger partial charge on any atom is 0.321 e. The number of nitrogens with zero attached hydrogens (tertiary/aromatic N) is 3. The van der Waals surface area contributed by atoms with E-state index in [2.05, 4.69) is 10.3 Å². The summed E-state index contributed by atoms with van der Waals surface area (Å²) < 4.78 is 0. The van der Waals surface area contributed by atoms with Gasteiger partial charge in [-0.2, -0.15) is 0 Å². The maximum absolute atomic E-state index is 12.6. The average molecular weight is 399 g/mol. The number of anilines is 1. The molecule has 6 nitrogen and oxygen atoms in total. The Bertz CT molecular complexity index is 783. The van der Waals surface area contributed by atoms with Crippen molar-refractivity contribution >= 4 is 29.4 Å². The molecule has 0 bridgehead atoms. The molecule has 1 N–H and O–H groups in total. The van der Waals surface area contributed by atoms with Crippen molar-refractivity contribution in [2.24, 2.45) is 0 Å². The van der Waals surface area contributed by atoms with Crippen LogP contribution in [0.1, 0.15) is 18.4 Å². The Morgan fingerprint density at radius 1 is 1.00 bits per heavy atom. The lowest BCUT2D eigenvalue weighted by molar-refractivity contribution is -0.131. The van der Waals surface area contributed by atoms with Crippen LogP contribution in [-0.2, 0) is 11.2 Å². The van der Waals surface area contributed by atoms with Gasteiger partial charge in [0.2, 0.25) is 5.91 Å². The number of aryl methyl sites for hydroxylation is 1. The summed E-state index contributed by atoms with van der Waals surface area (Å²) >= 11 is 1.67. The number of rotatable bonds is 5.